The zero-order valence-electron chi connectivity index (χ0n) is 13.0. The first-order chi connectivity index (χ1) is 10.9. The highest BCUT2D eigenvalue weighted by Gasteiger charge is 2.25. The first-order valence-electron chi connectivity index (χ1n) is 7.27. The second-order valence-electron chi connectivity index (χ2n) is 5.63. The van der Waals surface area contributed by atoms with Crippen molar-refractivity contribution in [2.75, 3.05) is 5.32 Å². The molecule has 2 rings (SSSR count). The number of hydrogen-bond donors (Lipinski definition) is 2. The fourth-order valence-electron chi connectivity index (χ4n) is 2.24. The van der Waals surface area contributed by atoms with Gasteiger partial charge in [0.2, 0.25) is 0 Å². The predicted octanol–water partition coefficient (Wildman–Crippen LogP) is 3.22. The first-order valence-corrected chi connectivity index (χ1v) is 7.27. The molecule has 0 atom stereocenters. The van der Waals surface area contributed by atoms with Crippen LogP contribution in [0.4, 0.5) is 14.5 Å². The summed E-state index contributed by atoms with van der Waals surface area (Å²) in [7, 11) is 0. The average molecular weight is 323 g/mol. The first kappa shape index (κ1) is 17.1. The van der Waals surface area contributed by atoms with Crippen molar-refractivity contribution in [3.8, 4) is 0 Å². The smallest absolute Gasteiger partial charge is 0.280 e. The Morgan fingerprint density at radius 2 is 2.13 bits per heavy atom. The van der Waals surface area contributed by atoms with Gasteiger partial charge in [0.15, 0.2) is 0 Å². The van der Waals surface area contributed by atoms with Crippen LogP contribution >= 0.6 is 0 Å². The quantitative estimate of drug-likeness (QED) is 0.858. The standard InChI is InChI=1S/C16H19F2N3O2/c1-10(2)8-21-14(15(17)18)13(7-19-21)16(23)20-12-5-3-4-11(6-12)9-22/h3-7,10,15,22H,8-9H2,1-2H3,(H,20,23). The van der Waals surface area contributed by atoms with Crippen LogP contribution in [0.15, 0.2) is 30.5 Å². The van der Waals surface area contributed by atoms with E-state index in [1.165, 1.54) is 4.68 Å². The van der Waals surface area contributed by atoms with Gasteiger partial charge >= 0.3 is 0 Å². The highest BCUT2D eigenvalue weighted by atomic mass is 19.3. The molecule has 2 N–H and O–H groups in total. The predicted molar refractivity (Wildman–Crippen MR) is 82.3 cm³/mol. The molecule has 1 aromatic carbocycles. The van der Waals surface area contributed by atoms with Crippen molar-refractivity contribution in [2.45, 2.75) is 33.4 Å². The van der Waals surface area contributed by atoms with Crippen LogP contribution in [-0.4, -0.2) is 20.8 Å². The van der Waals surface area contributed by atoms with E-state index in [0.717, 1.165) is 6.20 Å². The summed E-state index contributed by atoms with van der Waals surface area (Å²) in [5.74, 6) is -0.519. The fraction of sp³-hybridized carbons (Fsp3) is 0.375. The van der Waals surface area contributed by atoms with E-state index in [9.17, 15) is 13.6 Å². The molecule has 0 spiro atoms. The third-order valence-electron chi connectivity index (χ3n) is 3.24. The third kappa shape index (κ3) is 4.13. The van der Waals surface area contributed by atoms with Gasteiger partial charge in [0.1, 0.15) is 5.69 Å². The summed E-state index contributed by atoms with van der Waals surface area (Å²) in [6.07, 6.45) is -1.63. The maximum absolute atomic E-state index is 13.3. The van der Waals surface area contributed by atoms with Gasteiger partial charge in [0.05, 0.1) is 18.4 Å². The molecule has 0 saturated heterocycles. The SMILES string of the molecule is CC(C)Cn1ncc(C(=O)Nc2cccc(CO)c2)c1C(F)F. The molecule has 0 saturated carbocycles. The maximum Gasteiger partial charge on any atom is 0.280 e. The van der Waals surface area contributed by atoms with E-state index < -0.39 is 12.3 Å². The number of amides is 1. The van der Waals surface area contributed by atoms with Crippen LogP contribution in [0.2, 0.25) is 0 Å². The summed E-state index contributed by atoms with van der Waals surface area (Å²) in [6, 6.07) is 6.56. The summed E-state index contributed by atoms with van der Waals surface area (Å²) in [4.78, 5) is 12.3. The lowest BCUT2D eigenvalue weighted by Crippen LogP contribution is -2.16. The van der Waals surface area contributed by atoms with Crippen molar-refractivity contribution in [1.29, 1.82) is 0 Å². The van der Waals surface area contributed by atoms with Crippen molar-refractivity contribution in [3.63, 3.8) is 0 Å². The van der Waals surface area contributed by atoms with E-state index in [0.29, 0.717) is 17.8 Å². The van der Waals surface area contributed by atoms with E-state index >= 15 is 0 Å². The largest absolute Gasteiger partial charge is 0.392 e. The third-order valence-corrected chi connectivity index (χ3v) is 3.24. The van der Waals surface area contributed by atoms with E-state index in [2.05, 4.69) is 10.4 Å². The second-order valence-corrected chi connectivity index (χ2v) is 5.63. The Bertz CT molecular complexity index is 684. The molecular formula is C16H19F2N3O2. The van der Waals surface area contributed by atoms with Gasteiger partial charge in [-0.3, -0.25) is 9.48 Å². The van der Waals surface area contributed by atoms with Gasteiger partial charge in [-0.1, -0.05) is 26.0 Å². The molecule has 0 aliphatic carbocycles. The van der Waals surface area contributed by atoms with Crippen LogP contribution in [0.25, 0.3) is 0 Å². The number of alkyl halides is 2. The molecule has 23 heavy (non-hydrogen) atoms. The molecule has 124 valence electrons. The molecule has 7 heteroatoms. The molecule has 0 bridgehead atoms. The van der Waals surface area contributed by atoms with Crippen LogP contribution in [0, 0.1) is 5.92 Å². The van der Waals surface area contributed by atoms with Crippen LogP contribution in [0.5, 0.6) is 0 Å². The molecular weight excluding hydrogens is 304 g/mol. The lowest BCUT2D eigenvalue weighted by atomic mass is 10.2. The molecule has 0 aliphatic heterocycles. The van der Waals surface area contributed by atoms with Gasteiger partial charge in [-0.15, -0.1) is 0 Å². The number of aliphatic hydroxyl groups is 1. The van der Waals surface area contributed by atoms with Crippen LogP contribution in [0.1, 0.15) is 41.9 Å². The molecule has 1 heterocycles. The zero-order chi connectivity index (χ0) is 17.0. The molecule has 0 fully saturated rings. The molecule has 1 amide bonds. The van der Waals surface area contributed by atoms with Gasteiger partial charge in [0.25, 0.3) is 12.3 Å². The number of nitrogens with zero attached hydrogens (tertiary/aromatic N) is 2. The monoisotopic (exact) mass is 323 g/mol. The lowest BCUT2D eigenvalue weighted by Gasteiger charge is -2.11. The number of benzene rings is 1. The highest BCUT2D eigenvalue weighted by Crippen LogP contribution is 2.24. The Labute approximate surface area is 132 Å². The molecule has 0 aliphatic rings. The number of aliphatic hydroxyl groups excluding tert-OH is 1. The van der Waals surface area contributed by atoms with Crippen molar-refractivity contribution in [3.05, 3.63) is 47.3 Å². The number of hydrogen-bond acceptors (Lipinski definition) is 3. The Hall–Kier alpha value is -2.28. The van der Waals surface area contributed by atoms with Crippen LogP contribution < -0.4 is 5.32 Å². The zero-order valence-corrected chi connectivity index (χ0v) is 13.0. The Morgan fingerprint density at radius 1 is 1.39 bits per heavy atom. The average Bonchev–Trinajstić information content (AvgIpc) is 2.90. The van der Waals surface area contributed by atoms with Crippen molar-refractivity contribution in [2.24, 2.45) is 5.92 Å². The molecule has 1 aromatic heterocycles. The molecule has 0 unspecified atom stereocenters. The van der Waals surface area contributed by atoms with E-state index in [1.807, 2.05) is 13.8 Å². The number of carbonyl (C=O) groups excluding carboxylic acids is 1. The van der Waals surface area contributed by atoms with Crippen molar-refractivity contribution < 1.29 is 18.7 Å². The summed E-state index contributed by atoms with van der Waals surface area (Å²) in [5, 5.41) is 15.6. The highest BCUT2D eigenvalue weighted by molar-refractivity contribution is 6.05. The van der Waals surface area contributed by atoms with E-state index in [-0.39, 0.29) is 23.8 Å². The van der Waals surface area contributed by atoms with E-state index in [1.54, 1.807) is 24.3 Å². The number of halogens is 2. The molecule has 0 radical (unpaired) electrons. The number of rotatable bonds is 6. The number of anilines is 1. The van der Waals surface area contributed by atoms with Gasteiger partial charge in [-0.2, -0.15) is 5.10 Å². The maximum atomic E-state index is 13.3. The minimum absolute atomic E-state index is 0.129. The molecule has 5 nitrogen and oxygen atoms in total. The minimum atomic E-state index is -2.79. The number of aromatic nitrogens is 2. The fourth-order valence-corrected chi connectivity index (χ4v) is 2.24. The number of carbonyl (C=O) groups is 1. The second kappa shape index (κ2) is 7.32. The lowest BCUT2D eigenvalue weighted by molar-refractivity contribution is 0.100. The van der Waals surface area contributed by atoms with Crippen molar-refractivity contribution in [1.82, 2.24) is 9.78 Å². The van der Waals surface area contributed by atoms with Crippen molar-refractivity contribution >= 4 is 11.6 Å². The summed E-state index contributed by atoms with van der Waals surface area (Å²) in [5.41, 5.74) is 0.523. The topological polar surface area (TPSA) is 67.2 Å². The minimum Gasteiger partial charge on any atom is -0.392 e. The number of nitrogens with one attached hydrogen (secondary N) is 1. The van der Waals surface area contributed by atoms with Crippen LogP contribution in [-0.2, 0) is 13.2 Å². The Kier molecular flexibility index (Phi) is 5.44. The van der Waals surface area contributed by atoms with Gasteiger partial charge in [0, 0.05) is 12.2 Å². The molecule has 2 aromatic rings. The van der Waals surface area contributed by atoms with Crippen LogP contribution in [0.3, 0.4) is 0 Å². The summed E-state index contributed by atoms with van der Waals surface area (Å²) >= 11 is 0. The Morgan fingerprint density at radius 3 is 2.74 bits per heavy atom. The van der Waals surface area contributed by atoms with E-state index in [4.69, 9.17) is 5.11 Å². The van der Waals surface area contributed by atoms with Gasteiger partial charge in [-0.25, -0.2) is 8.78 Å². The van der Waals surface area contributed by atoms with Gasteiger partial charge in [-0.05, 0) is 23.6 Å². The summed E-state index contributed by atoms with van der Waals surface area (Å²) < 4.78 is 27.8. The summed E-state index contributed by atoms with van der Waals surface area (Å²) in [6.45, 7) is 3.92. The normalized spacial score (nSPS) is 11.3. The Balaban J connectivity index is 2.26. The van der Waals surface area contributed by atoms with Gasteiger partial charge < -0.3 is 10.4 Å².